The quantitative estimate of drug-likeness (QED) is 0.877. The molecule has 0 radical (unpaired) electrons. The van der Waals surface area contributed by atoms with Gasteiger partial charge in [-0.25, -0.2) is 4.39 Å². The summed E-state index contributed by atoms with van der Waals surface area (Å²) in [6.45, 7) is 0.674. The number of rotatable bonds is 2. The van der Waals surface area contributed by atoms with E-state index in [0.717, 1.165) is 23.4 Å². The van der Waals surface area contributed by atoms with Gasteiger partial charge in [0.1, 0.15) is 11.6 Å². The molecule has 0 bridgehead atoms. The molecule has 98 valence electrons. The van der Waals surface area contributed by atoms with Crippen LogP contribution < -0.4 is 10.1 Å². The first-order valence-corrected chi connectivity index (χ1v) is 6.96. The van der Waals surface area contributed by atoms with Gasteiger partial charge in [-0.05, 0) is 40.2 Å². The van der Waals surface area contributed by atoms with Crippen LogP contribution in [0.2, 0.25) is 0 Å². The maximum absolute atomic E-state index is 13.5. The zero-order chi connectivity index (χ0) is 13.2. The molecular formula is C15H13BrFNO. The molecule has 0 spiro atoms. The molecule has 19 heavy (non-hydrogen) atoms. The third-order valence-corrected chi connectivity index (χ3v) is 3.86. The van der Waals surface area contributed by atoms with E-state index >= 15 is 0 Å². The molecule has 0 fully saturated rings. The van der Waals surface area contributed by atoms with Crippen LogP contribution >= 0.6 is 15.9 Å². The van der Waals surface area contributed by atoms with Crippen LogP contribution in [0.3, 0.4) is 0 Å². The average Bonchev–Trinajstić information content (AvgIpc) is 2.43. The standard InChI is InChI=1S/C15H13BrFNO/c16-12-6-5-10(9-13(12)17)18-14-7-8-19-15-4-2-1-3-11(14)15/h1-6,9,14,18H,7-8H2. The van der Waals surface area contributed by atoms with Gasteiger partial charge in [0, 0.05) is 17.7 Å². The normalized spacial score (nSPS) is 17.5. The lowest BCUT2D eigenvalue weighted by molar-refractivity contribution is 0.274. The van der Waals surface area contributed by atoms with E-state index in [2.05, 4.69) is 21.2 Å². The molecule has 2 aromatic carbocycles. The monoisotopic (exact) mass is 321 g/mol. The molecule has 1 aliphatic heterocycles. The van der Waals surface area contributed by atoms with E-state index in [-0.39, 0.29) is 11.9 Å². The van der Waals surface area contributed by atoms with Gasteiger partial charge in [0.05, 0.1) is 17.1 Å². The van der Waals surface area contributed by atoms with Gasteiger partial charge >= 0.3 is 0 Å². The van der Waals surface area contributed by atoms with Gasteiger partial charge in [-0.3, -0.25) is 0 Å². The zero-order valence-electron chi connectivity index (χ0n) is 10.2. The van der Waals surface area contributed by atoms with Crippen LogP contribution in [-0.2, 0) is 0 Å². The minimum Gasteiger partial charge on any atom is -0.493 e. The molecule has 2 nitrogen and oxygen atoms in total. The smallest absolute Gasteiger partial charge is 0.139 e. The van der Waals surface area contributed by atoms with Crippen molar-refractivity contribution in [3.8, 4) is 5.75 Å². The molecule has 1 aliphatic rings. The van der Waals surface area contributed by atoms with E-state index in [0.29, 0.717) is 11.1 Å². The Labute approximate surface area is 119 Å². The Balaban J connectivity index is 1.86. The molecule has 1 atom stereocenters. The number of hydrogen-bond donors (Lipinski definition) is 1. The Bertz CT molecular complexity index is 602. The fraction of sp³-hybridized carbons (Fsp3) is 0.200. The summed E-state index contributed by atoms with van der Waals surface area (Å²) >= 11 is 3.16. The fourth-order valence-electron chi connectivity index (χ4n) is 2.28. The van der Waals surface area contributed by atoms with Gasteiger partial charge in [0.2, 0.25) is 0 Å². The Morgan fingerprint density at radius 3 is 2.89 bits per heavy atom. The molecule has 0 aromatic heterocycles. The van der Waals surface area contributed by atoms with Crippen molar-refractivity contribution in [2.75, 3.05) is 11.9 Å². The van der Waals surface area contributed by atoms with E-state index in [4.69, 9.17) is 4.74 Å². The lowest BCUT2D eigenvalue weighted by Gasteiger charge is -2.27. The summed E-state index contributed by atoms with van der Waals surface area (Å²) in [5.74, 6) is 0.647. The third kappa shape index (κ3) is 2.59. The Morgan fingerprint density at radius 1 is 1.21 bits per heavy atom. The topological polar surface area (TPSA) is 21.3 Å². The van der Waals surface area contributed by atoms with Crippen LogP contribution in [0, 0.1) is 5.82 Å². The minimum absolute atomic E-state index is 0.158. The largest absolute Gasteiger partial charge is 0.493 e. The molecule has 0 aliphatic carbocycles. The highest BCUT2D eigenvalue weighted by Crippen LogP contribution is 2.34. The van der Waals surface area contributed by atoms with Gasteiger partial charge in [-0.15, -0.1) is 0 Å². The molecule has 3 rings (SSSR count). The first-order valence-electron chi connectivity index (χ1n) is 6.17. The lowest BCUT2D eigenvalue weighted by Crippen LogP contribution is -2.20. The highest BCUT2D eigenvalue weighted by molar-refractivity contribution is 9.10. The van der Waals surface area contributed by atoms with Crippen LogP contribution in [0.1, 0.15) is 18.0 Å². The van der Waals surface area contributed by atoms with Crippen molar-refractivity contribution in [2.24, 2.45) is 0 Å². The molecule has 4 heteroatoms. The van der Waals surface area contributed by atoms with Crippen LogP contribution in [0.15, 0.2) is 46.9 Å². The highest BCUT2D eigenvalue weighted by atomic mass is 79.9. The summed E-state index contributed by atoms with van der Waals surface area (Å²) in [5, 5.41) is 3.36. The van der Waals surface area contributed by atoms with Crippen molar-refractivity contribution in [1.82, 2.24) is 0 Å². The molecular weight excluding hydrogens is 309 g/mol. The summed E-state index contributed by atoms with van der Waals surface area (Å²) in [4.78, 5) is 0. The number of benzene rings is 2. The minimum atomic E-state index is -0.259. The van der Waals surface area contributed by atoms with Crippen molar-refractivity contribution in [3.05, 3.63) is 58.3 Å². The lowest BCUT2D eigenvalue weighted by atomic mass is 10.0. The van der Waals surface area contributed by atoms with E-state index < -0.39 is 0 Å². The van der Waals surface area contributed by atoms with Crippen molar-refractivity contribution < 1.29 is 9.13 Å². The number of anilines is 1. The van der Waals surface area contributed by atoms with Crippen molar-refractivity contribution in [3.63, 3.8) is 0 Å². The molecule has 0 saturated carbocycles. The number of nitrogens with one attached hydrogen (secondary N) is 1. The average molecular weight is 322 g/mol. The summed E-state index contributed by atoms with van der Waals surface area (Å²) in [6.07, 6.45) is 0.870. The predicted molar refractivity (Wildman–Crippen MR) is 77.0 cm³/mol. The van der Waals surface area contributed by atoms with Crippen LogP contribution in [0.4, 0.5) is 10.1 Å². The van der Waals surface area contributed by atoms with E-state index in [9.17, 15) is 4.39 Å². The number of ether oxygens (including phenoxy) is 1. The second kappa shape index (κ2) is 5.21. The van der Waals surface area contributed by atoms with Crippen molar-refractivity contribution >= 4 is 21.6 Å². The molecule has 1 N–H and O–H groups in total. The summed E-state index contributed by atoms with van der Waals surface area (Å²) < 4.78 is 19.6. The number of hydrogen-bond acceptors (Lipinski definition) is 2. The summed E-state index contributed by atoms with van der Waals surface area (Å²) in [7, 11) is 0. The molecule has 1 unspecified atom stereocenters. The molecule has 0 saturated heterocycles. The second-order valence-corrected chi connectivity index (χ2v) is 5.36. The summed E-state index contributed by atoms with van der Waals surface area (Å²) in [5.41, 5.74) is 1.90. The van der Waals surface area contributed by atoms with Gasteiger partial charge in [-0.2, -0.15) is 0 Å². The number of para-hydroxylation sites is 1. The van der Waals surface area contributed by atoms with Crippen LogP contribution in [-0.4, -0.2) is 6.61 Å². The number of halogens is 2. The predicted octanol–water partition coefficient (Wildman–Crippen LogP) is 4.52. The van der Waals surface area contributed by atoms with Gasteiger partial charge in [0.25, 0.3) is 0 Å². The molecule has 2 aromatic rings. The first-order chi connectivity index (χ1) is 9.24. The first kappa shape index (κ1) is 12.5. The second-order valence-electron chi connectivity index (χ2n) is 4.50. The van der Waals surface area contributed by atoms with Gasteiger partial charge < -0.3 is 10.1 Å². The number of fused-ring (bicyclic) bond motifs is 1. The van der Waals surface area contributed by atoms with Crippen LogP contribution in [0.25, 0.3) is 0 Å². The Morgan fingerprint density at radius 2 is 2.05 bits per heavy atom. The van der Waals surface area contributed by atoms with E-state index in [1.54, 1.807) is 6.07 Å². The third-order valence-electron chi connectivity index (χ3n) is 3.22. The Hall–Kier alpha value is -1.55. The molecule has 0 amide bonds. The van der Waals surface area contributed by atoms with Gasteiger partial charge in [-0.1, -0.05) is 18.2 Å². The maximum Gasteiger partial charge on any atom is 0.139 e. The van der Waals surface area contributed by atoms with Gasteiger partial charge in [0.15, 0.2) is 0 Å². The van der Waals surface area contributed by atoms with Crippen molar-refractivity contribution in [1.29, 1.82) is 0 Å². The van der Waals surface area contributed by atoms with E-state index in [1.165, 1.54) is 6.07 Å². The Kier molecular flexibility index (Phi) is 3.42. The maximum atomic E-state index is 13.5. The van der Waals surface area contributed by atoms with E-state index in [1.807, 2.05) is 30.3 Å². The van der Waals surface area contributed by atoms with Crippen molar-refractivity contribution in [2.45, 2.75) is 12.5 Å². The van der Waals surface area contributed by atoms with Crippen LogP contribution in [0.5, 0.6) is 5.75 Å². The summed E-state index contributed by atoms with van der Waals surface area (Å²) in [6, 6.07) is 13.2. The zero-order valence-corrected chi connectivity index (χ0v) is 11.8. The SMILES string of the molecule is Fc1cc(NC2CCOc3ccccc32)ccc1Br. The highest BCUT2D eigenvalue weighted by Gasteiger charge is 2.20. The fourth-order valence-corrected chi connectivity index (χ4v) is 2.53. The molecule has 1 heterocycles.